The van der Waals surface area contributed by atoms with Gasteiger partial charge in [0.1, 0.15) is 24.4 Å². The molecule has 0 aromatic heterocycles. The first kappa shape index (κ1) is 24.5. The SMILES string of the molecule is CCCCON1C(=O)N2C[C@@H]1CC[C@H]2C(=O)NOCC1CN(C(=O)OC(C)(C)C)CCO1. The van der Waals surface area contributed by atoms with Crippen molar-refractivity contribution < 1.29 is 33.5 Å². The number of hydrogen-bond acceptors (Lipinski definition) is 7. The van der Waals surface area contributed by atoms with E-state index in [-0.39, 0.29) is 30.7 Å². The number of unbranched alkanes of at least 4 members (excludes halogenated alkanes) is 1. The van der Waals surface area contributed by atoms with Gasteiger partial charge < -0.3 is 19.3 Å². The first-order valence-electron chi connectivity index (χ1n) is 11.4. The topological polar surface area (TPSA) is 110 Å². The van der Waals surface area contributed by atoms with Crippen LogP contribution in [0.25, 0.3) is 0 Å². The Balaban J connectivity index is 1.42. The van der Waals surface area contributed by atoms with Crippen molar-refractivity contribution in [2.75, 3.05) is 39.5 Å². The van der Waals surface area contributed by atoms with Crippen LogP contribution in [0.3, 0.4) is 0 Å². The Kier molecular flexibility index (Phi) is 8.18. The number of piperidine rings is 1. The van der Waals surface area contributed by atoms with E-state index in [9.17, 15) is 14.4 Å². The molecule has 0 radical (unpaired) electrons. The second-order valence-electron chi connectivity index (χ2n) is 9.39. The van der Waals surface area contributed by atoms with Crippen LogP contribution in [0.15, 0.2) is 0 Å². The molecule has 0 aromatic carbocycles. The number of fused-ring (bicyclic) bond motifs is 2. The van der Waals surface area contributed by atoms with Crippen LogP contribution in [0.1, 0.15) is 53.4 Å². The molecule has 11 nitrogen and oxygen atoms in total. The average molecular weight is 457 g/mol. The number of rotatable bonds is 8. The Hall–Kier alpha value is -2.11. The minimum Gasteiger partial charge on any atom is -0.444 e. The number of carbonyl (C=O) groups is 3. The summed E-state index contributed by atoms with van der Waals surface area (Å²) < 4.78 is 11.0. The average Bonchev–Trinajstić information content (AvgIpc) is 2.97. The third-order valence-corrected chi connectivity index (χ3v) is 5.59. The summed E-state index contributed by atoms with van der Waals surface area (Å²) in [6, 6.07) is -0.879. The van der Waals surface area contributed by atoms with Gasteiger partial charge in [0.15, 0.2) is 0 Å². The van der Waals surface area contributed by atoms with Crippen molar-refractivity contribution in [3.63, 3.8) is 0 Å². The zero-order chi connectivity index (χ0) is 23.3. The maximum Gasteiger partial charge on any atom is 0.410 e. The minimum atomic E-state index is -0.593. The molecule has 3 saturated heterocycles. The van der Waals surface area contributed by atoms with E-state index in [1.54, 1.807) is 9.80 Å². The third-order valence-electron chi connectivity index (χ3n) is 5.59. The van der Waals surface area contributed by atoms with E-state index < -0.39 is 17.7 Å². The van der Waals surface area contributed by atoms with Gasteiger partial charge in [-0.25, -0.2) is 15.1 Å². The molecule has 2 bridgehead atoms. The van der Waals surface area contributed by atoms with Crippen LogP contribution >= 0.6 is 0 Å². The van der Waals surface area contributed by atoms with Gasteiger partial charge in [0, 0.05) is 13.1 Å². The zero-order valence-corrected chi connectivity index (χ0v) is 19.5. The smallest absolute Gasteiger partial charge is 0.410 e. The quantitative estimate of drug-likeness (QED) is 0.437. The van der Waals surface area contributed by atoms with Crippen LogP contribution in [0, 0.1) is 0 Å². The van der Waals surface area contributed by atoms with Gasteiger partial charge in [0.2, 0.25) is 0 Å². The van der Waals surface area contributed by atoms with E-state index in [0.29, 0.717) is 45.7 Å². The van der Waals surface area contributed by atoms with Crippen molar-refractivity contribution in [3.05, 3.63) is 0 Å². The summed E-state index contributed by atoms with van der Waals surface area (Å²) in [6.07, 6.45) is 2.32. The fraction of sp³-hybridized carbons (Fsp3) is 0.857. The number of ether oxygens (including phenoxy) is 2. The van der Waals surface area contributed by atoms with E-state index in [4.69, 9.17) is 19.1 Å². The van der Waals surface area contributed by atoms with Gasteiger partial charge >= 0.3 is 12.1 Å². The molecule has 3 aliphatic heterocycles. The number of carbonyl (C=O) groups excluding carboxylic acids is 3. The Labute approximate surface area is 189 Å². The Morgan fingerprint density at radius 3 is 2.72 bits per heavy atom. The maximum atomic E-state index is 12.7. The molecular formula is C21H36N4O7. The maximum absolute atomic E-state index is 12.7. The zero-order valence-electron chi connectivity index (χ0n) is 19.5. The number of urea groups is 1. The summed E-state index contributed by atoms with van der Waals surface area (Å²) in [7, 11) is 0. The molecule has 3 atom stereocenters. The lowest BCUT2D eigenvalue weighted by molar-refractivity contribution is -0.145. The second kappa shape index (κ2) is 10.7. The Bertz CT molecular complexity index is 684. The van der Waals surface area contributed by atoms with Gasteiger partial charge in [0.25, 0.3) is 5.91 Å². The fourth-order valence-electron chi connectivity index (χ4n) is 3.96. The Morgan fingerprint density at radius 1 is 1.22 bits per heavy atom. The number of nitrogens with zero attached hydrogens (tertiary/aromatic N) is 3. The van der Waals surface area contributed by atoms with Gasteiger partial charge in [-0.1, -0.05) is 13.3 Å². The highest BCUT2D eigenvalue weighted by atomic mass is 16.7. The molecule has 0 saturated carbocycles. The van der Waals surface area contributed by atoms with E-state index >= 15 is 0 Å². The van der Waals surface area contributed by atoms with Crippen molar-refractivity contribution in [2.45, 2.75) is 77.2 Å². The number of nitrogens with one attached hydrogen (secondary N) is 1. The molecule has 1 unspecified atom stereocenters. The van der Waals surface area contributed by atoms with Gasteiger partial charge in [-0.2, -0.15) is 5.06 Å². The molecule has 0 aliphatic carbocycles. The summed E-state index contributed by atoms with van der Waals surface area (Å²) in [5.41, 5.74) is 1.87. The molecule has 0 aromatic rings. The number of hydrogen-bond donors (Lipinski definition) is 1. The first-order valence-corrected chi connectivity index (χ1v) is 11.4. The first-order chi connectivity index (χ1) is 15.2. The predicted octanol–water partition coefficient (Wildman–Crippen LogP) is 1.67. The van der Waals surface area contributed by atoms with Gasteiger partial charge in [-0.05, 0) is 40.0 Å². The molecule has 3 aliphatic rings. The number of hydroxylamine groups is 3. The van der Waals surface area contributed by atoms with Crippen LogP contribution in [0.5, 0.6) is 0 Å². The van der Waals surface area contributed by atoms with Crippen LogP contribution in [0.2, 0.25) is 0 Å². The normalized spacial score (nSPS) is 25.8. The van der Waals surface area contributed by atoms with Crippen molar-refractivity contribution in [2.24, 2.45) is 0 Å². The molecule has 4 amide bonds. The lowest BCUT2D eigenvalue weighted by Crippen LogP contribution is -2.51. The van der Waals surface area contributed by atoms with Gasteiger partial charge in [0.05, 0.1) is 25.8 Å². The highest BCUT2D eigenvalue weighted by Crippen LogP contribution is 2.30. The monoisotopic (exact) mass is 456 g/mol. The van der Waals surface area contributed by atoms with Crippen molar-refractivity contribution in [3.8, 4) is 0 Å². The molecule has 11 heteroatoms. The largest absolute Gasteiger partial charge is 0.444 e. The molecule has 1 N–H and O–H groups in total. The summed E-state index contributed by atoms with van der Waals surface area (Å²) in [4.78, 5) is 51.7. The van der Waals surface area contributed by atoms with Crippen LogP contribution < -0.4 is 5.48 Å². The van der Waals surface area contributed by atoms with Crippen molar-refractivity contribution in [1.29, 1.82) is 0 Å². The molecule has 182 valence electrons. The number of morpholine rings is 1. The summed E-state index contributed by atoms with van der Waals surface area (Å²) in [5.74, 6) is -0.369. The lowest BCUT2D eigenvalue weighted by Gasteiger charge is -2.34. The number of amides is 4. The van der Waals surface area contributed by atoms with E-state index in [1.165, 1.54) is 5.06 Å². The Morgan fingerprint density at radius 2 is 2.00 bits per heavy atom. The second-order valence-corrected chi connectivity index (χ2v) is 9.39. The standard InChI is InChI=1S/C21H36N4O7/c1-5-6-10-31-25-15-7-8-17(24(12-15)19(25)27)18(26)22-30-14-16-13-23(9-11-29-16)20(28)32-21(2,3)4/h15-17H,5-14H2,1-4H3,(H,22,26)/t15-,16?,17-/m0/s1. The summed E-state index contributed by atoms with van der Waals surface area (Å²) in [6.45, 7) is 9.67. The summed E-state index contributed by atoms with van der Waals surface area (Å²) >= 11 is 0. The van der Waals surface area contributed by atoms with Crippen molar-refractivity contribution >= 4 is 18.0 Å². The third kappa shape index (κ3) is 6.23. The fourth-order valence-corrected chi connectivity index (χ4v) is 3.96. The lowest BCUT2D eigenvalue weighted by atomic mass is 10.0. The van der Waals surface area contributed by atoms with E-state index in [0.717, 1.165) is 12.8 Å². The molecule has 0 spiro atoms. The predicted molar refractivity (Wildman–Crippen MR) is 113 cm³/mol. The molecule has 3 rings (SSSR count). The van der Waals surface area contributed by atoms with Crippen LogP contribution in [-0.2, 0) is 23.9 Å². The van der Waals surface area contributed by atoms with Gasteiger partial charge in [-0.15, -0.1) is 0 Å². The minimum absolute atomic E-state index is 0.0150. The van der Waals surface area contributed by atoms with E-state index in [2.05, 4.69) is 12.4 Å². The van der Waals surface area contributed by atoms with Crippen LogP contribution in [-0.4, -0.2) is 96.1 Å². The van der Waals surface area contributed by atoms with Crippen LogP contribution in [0.4, 0.5) is 9.59 Å². The molecule has 32 heavy (non-hydrogen) atoms. The molecular weight excluding hydrogens is 420 g/mol. The molecule has 3 heterocycles. The molecule has 3 fully saturated rings. The highest BCUT2D eigenvalue weighted by molar-refractivity contribution is 5.88. The van der Waals surface area contributed by atoms with Gasteiger partial charge in [-0.3, -0.25) is 14.5 Å². The summed E-state index contributed by atoms with van der Waals surface area (Å²) in [5, 5.41) is 1.42. The van der Waals surface area contributed by atoms with Crippen molar-refractivity contribution in [1.82, 2.24) is 20.3 Å². The highest BCUT2D eigenvalue weighted by Gasteiger charge is 2.48. The van der Waals surface area contributed by atoms with E-state index in [1.807, 2.05) is 20.8 Å².